The van der Waals surface area contributed by atoms with Gasteiger partial charge in [0.1, 0.15) is 5.76 Å². The Morgan fingerprint density at radius 2 is 1.87 bits per heavy atom. The Morgan fingerprint density at radius 3 is 2.63 bits per heavy atom. The van der Waals surface area contributed by atoms with E-state index in [2.05, 4.69) is 4.98 Å². The monoisotopic (exact) mass is 401 g/mol. The number of fused-ring (bicyclic) bond motifs is 1. The number of carbonyl (C=O) groups is 1. The largest absolute Gasteiger partial charge is 0.467 e. The maximum atomic E-state index is 13.0. The van der Waals surface area contributed by atoms with E-state index in [9.17, 15) is 9.59 Å². The average molecular weight is 401 g/mol. The van der Waals surface area contributed by atoms with Gasteiger partial charge in [0.05, 0.1) is 30.0 Å². The van der Waals surface area contributed by atoms with E-state index in [0.29, 0.717) is 36.8 Å². The van der Waals surface area contributed by atoms with Crippen molar-refractivity contribution < 1.29 is 9.21 Å². The van der Waals surface area contributed by atoms with Gasteiger partial charge in [0, 0.05) is 18.7 Å². The van der Waals surface area contributed by atoms with Gasteiger partial charge < -0.3 is 9.32 Å². The number of rotatable bonds is 7. The van der Waals surface area contributed by atoms with Crippen molar-refractivity contribution in [1.29, 1.82) is 0 Å². The molecule has 152 valence electrons. The average Bonchev–Trinajstić information content (AvgIpc) is 3.28. The molecule has 0 aliphatic rings. The van der Waals surface area contributed by atoms with E-state index >= 15 is 0 Å². The van der Waals surface area contributed by atoms with Crippen LogP contribution in [0.1, 0.15) is 24.2 Å². The Morgan fingerprint density at radius 1 is 1.07 bits per heavy atom. The molecule has 0 atom stereocenters. The first-order chi connectivity index (χ1) is 14.6. The summed E-state index contributed by atoms with van der Waals surface area (Å²) in [4.78, 5) is 31.7. The third-order valence-electron chi connectivity index (χ3n) is 5.06. The first kappa shape index (κ1) is 19.6. The van der Waals surface area contributed by atoms with Gasteiger partial charge in [-0.05, 0) is 49.7 Å². The number of carbonyl (C=O) groups excluding carboxylic acids is 1. The van der Waals surface area contributed by atoms with Crippen LogP contribution in [0.5, 0.6) is 0 Å². The van der Waals surface area contributed by atoms with E-state index in [4.69, 9.17) is 4.42 Å². The number of aromatic nitrogens is 2. The van der Waals surface area contributed by atoms with E-state index < -0.39 is 0 Å². The van der Waals surface area contributed by atoms with E-state index in [1.807, 2.05) is 61.5 Å². The number of hydrogen-bond donors (Lipinski definition) is 0. The maximum absolute atomic E-state index is 13.0. The van der Waals surface area contributed by atoms with E-state index in [-0.39, 0.29) is 11.5 Å². The SMILES string of the molecule is Cc1ccc(N(Cc2ccco2)C(=O)CCCn2cnc3ccccc3c2=O)cc1. The fourth-order valence-corrected chi connectivity index (χ4v) is 3.41. The molecule has 0 saturated heterocycles. The summed E-state index contributed by atoms with van der Waals surface area (Å²) in [6, 6.07) is 18.8. The highest BCUT2D eigenvalue weighted by Crippen LogP contribution is 2.20. The molecule has 30 heavy (non-hydrogen) atoms. The van der Waals surface area contributed by atoms with Crippen LogP contribution in [0.2, 0.25) is 0 Å². The van der Waals surface area contributed by atoms with Crippen molar-refractivity contribution in [1.82, 2.24) is 9.55 Å². The second-order valence-electron chi connectivity index (χ2n) is 7.26. The summed E-state index contributed by atoms with van der Waals surface area (Å²) >= 11 is 0. The van der Waals surface area contributed by atoms with Crippen molar-refractivity contribution >= 4 is 22.5 Å². The molecule has 2 heterocycles. The number of nitrogens with zero attached hydrogens (tertiary/aromatic N) is 3. The number of anilines is 1. The van der Waals surface area contributed by atoms with Crippen LogP contribution < -0.4 is 10.5 Å². The number of aryl methyl sites for hydroxylation is 2. The van der Waals surface area contributed by atoms with E-state index in [1.54, 1.807) is 28.1 Å². The first-order valence-corrected chi connectivity index (χ1v) is 9.95. The summed E-state index contributed by atoms with van der Waals surface area (Å²) in [5.41, 5.74) is 2.55. The zero-order chi connectivity index (χ0) is 20.9. The van der Waals surface area contributed by atoms with Gasteiger partial charge in [-0.1, -0.05) is 29.8 Å². The second kappa shape index (κ2) is 8.78. The molecule has 0 N–H and O–H groups in total. The van der Waals surface area contributed by atoms with Gasteiger partial charge in [-0.3, -0.25) is 14.2 Å². The lowest BCUT2D eigenvalue weighted by Crippen LogP contribution is -2.30. The van der Waals surface area contributed by atoms with Crippen LogP contribution in [0, 0.1) is 6.92 Å². The molecule has 0 spiro atoms. The second-order valence-corrected chi connectivity index (χ2v) is 7.26. The number of hydrogen-bond acceptors (Lipinski definition) is 4. The zero-order valence-corrected chi connectivity index (χ0v) is 16.8. The Hall–Kier alpha value is -3.67. The maximum Gasteiger partial charge on any atom is 0.261 e. The summed E-state index contributed by atoms with van der Waals surface area (Å²) in [6.07, 6.45) is 4.01. The standard InChI is InChI=1S/C24H23N3O3/c1-18-10-12-19(13-11-18)27(16-20-6-5-15-30-20)23(28)9-4-14-26-17-25-22-8-3-2-7-21(22)24(26)29/h2-3,5-8,10-13,15,17H,4,9,14,16H2,1H3. The summed E-state index contributed by atoms with van der Waals surface area (Å²) in [5, 5.41) is 0.588. The molecule has 0 radical (unpaired) electrons. The van der Waals surface area contributed by atoms with Crippen LogP contribution in [0.15, 0.2) is 82.5 Å². The molecule has 0 unspecified atom stereocenters. The van der Waals surface area contributed by atoms with Crippen molar-refractivity contribution in [3.8, 4) is 0 Å². The molecule has 6 heteroatoms. The smallest absolute Gasteiger partial charge is 0.261 e. The quantitative estimate of drug-likeness (QED) is 0.463. The zero-order valence-electron chi connectivity index (χ0n) is 16.8. The number of amides is 1. The van der Waals surface area contributed by atoms with Crippen LogP contribution >= 0.6 is 0 Å². The van der Waals surface area contributed by atoms with Gasteiger partial charge in [-0.15, -0.1) is 0 Å². The predicted octanol–water partition coefficient (Wildman–Crippen LogP) is 4.31. The summed E-state index contributed by atoms with van der Waals surface area (Å²) in [5.74, 6) is 0.705. The third kappa shape index (κ3) is 4.33. The highest BCUT2D eigenvalue weighted by atomic mass is 16.3. The Bertz CT molecular complexity index is 1190. The molecule has 6 nitrogen and oxygen atoms in total. The highest BCUT2D eigenvalue weighted by Gasteiger charge is 2.17. The van der Waals surface area contributed by atoms with Crippen LogP contribution in [0.25, 0.3) is 10.9 Å². The Balaban J connectivity index is 1.47. The lowest BCUT2D eigenvalue weighted by molar-refractivity contribution is -0.119. The molecule has 0 aliphatic carbocycles. The van der Waals surface area contributed by atoms with Gasteiger partial charge >= 0.3 is 0 Å². The van der Waals surface area contributed by atoms with Crippen molar-refractivity contribution in [2.75, 3.05) is 4.90 Å². The fraction of sp³-hybridized carbons (Fsp3) is 0.208. The molecule has 0 aliphatic heterocycles. The predicted molar refractivity (Wildman–Crippen MR) is 116 cm³/mol. The molecule has 4 aromatic rings. The van der Waals surface area contributed by atoms with Crippen LogP contribution in [-0.2, 0) is 17.9 Å². The summed E-state index contributed by atoms with van der Waals surface area (Å²) in [7, 11) is 0. The van der Waals surface area contributed by atoms with E-state index in [1.165, 1.54) is 0 Å². The third-order valence-corrected chi connectivity index (χ3v) is 5.06. The van der Waals surface area contributed by atoms with Gasteiger partial charge in [-0.2, -0.15) is 0 Å². The van der Waals surface area contributed by atoms with Gasteiger partial charge in [0.15, 0.2) is 0 Å². The van der Waals surface area contributed by atoms with Gasteiger partial charge in [0.2, 0.25) is 5.91 Å². The number of benzene rings is 2. The first-order valence-electron chi connectivity index (χ1n) is 9.95. The minimum atomic E-state index is -0.0842. The van der Waals surface area contributed by atoms with Crippen molar-refractivity contribution in [3.05, 3.63) is 94.9 Å². The molecule has 0 fully saturated rings. The van der Waals surface area contributed by atoms with Crippen LogP contribution in [-0.4, -0.2) is 15.5 Å². The number of furan rings is 1. The van der Waals surface area contributed by atoms with Gasteiger partial charge in [-0.25, -0.2) is 4.98 Å². The fourth-order valence-electron chi connectivity index (χ4n) is 3.41. The highest BCUT2D eigenvalue weighted by molar-refractivity contribution is 5.93. The van der Waals surface area contributed by atoms with Gasteiger partial charge in [0.25, 0.3) is 5.56 Å². The normalized spacial score (nSPS) is 11.0. The minimum absolute atomic E-state index is 0.0166. The van der Waals surface area contributed by atoms with Crippen LogP contribution in [0.3, 0.4) is 0 Å². The van der Waals surface area contributed by atoms with Crippen molar-refractivity contribution in [2.45, 2.75) is 32.9 Å². The minimum Gasteiger partial charge on any atom is -0.467 e. The Kier molecular flexibility index (Phi) is 5.75. The van der Waals surface area contributed by atoms with Crippen LogP contribution in [0.4, 0.5) is 5.69 Å². The van der Waals surface area contributed by atoms with Crippen molar-refractivity contribution in [3.63, 3.8) is 0 Å². The molecule has 0 bridgehead atoms. The van der Waals surface area contributed by atoms with Crippen molar-refractivity contribution in [2.24, 2.45) is 0 Å². The molecule has 4 rings (SSSR count). The number of para-hydroxylation sites is 1. The Labute approximate surface area is 174 Å². The molecule has 1 amide bonds. The summed E-state index contributed by atoms with van der Waals surface area (Å²) < 4.78 is 7.01. The lowest BCUT2D eigenvalue weighted by Gasteiger charge is -2.22. The molecule has 0 saturated carbocycles. The van der Waals surface area contributed by atoms with E-state index in [0.717, 1.165) is 17.0 Å². The molecule has 2 aromatic carbocycles. The molecular weight excluding hydrogens is 378 g/mol. The lowest BCUT2D eigenvalue weighted by atomic mass is 10.2. The molecular formula is C24H23N3O3. The topological polar surface area (TPSA) is 68.3 Å². The molecule has 2 aromatic heterocycles. The summed E-state index contributed by atoms with van der Waals surface area (Å²) in [6.45, 7) is 2.81.